The highest BCUT2D eigenvalue weighted by atomic mass is 15.2. The smallest absolute Gasteiger partial charge is 0.0703 e. The van der Waals surface area contributed by atoms with Gasteiger partial charge in [0.1, 0.15) is 0 Å². The molecular weight excluding hydrogens is 320 g/mol. The Morgan fingerprint density at radius 3 is 2.65 bits per heavy atom. The maximum Gasteiger partial charge on any atom is 0.0703 e. The van der Waals surface area contributed by atoms with E-state index in [9.17, 15) is 0 Å². The van der Waals surface area contributed by atoms with Gasteiger partial charge in [-0.3, -0.25) is 9.88 Å². The van der Waals surface area contributed by atoms with Gasteiger partial charge < -0.3 is 9.88 Å². The van der Waals surface area contributed by atoms with E-state index in [-0.39, 0.29) is 0 Å². The highest BCUT2D eigenvalue weighted by Gasteiger charge is 2.39. The Morgan fingerprint density at radius 1 is 1.08 bits per heavy atom. The number of benzene rings is 1. The highest BCUT2D eigenvalue weighted by Crippen LogP contribution is 2.34. The molecule has 2 atom stereocenters. The third kappa shape index (κ3) is 2.60. The fraction of sp³-hybridized carbons (Fsp3) is 0.409. The molecule has 4 heteroatoms. The van der Waals surface area contributed by atoms with Gasteiger partial charge in [-0.15, -0.1) is 0 Å². The molecule has 3 aliphatic heterocycles. The Balaban J connectivity index is 1.36. The molecule has 0 saturated carbocycles. The summed E-state index contributed by atoms with van der Waals surface area (Å²) in [5, 5.41) is 5.03. The molecule has 0 aliphatic carbocycles. The van der Waals surface area contributed by atoms with Gasteiger partial charge in [-0.2, -0.15) is 0 Å². The molecule has 4 nitrogen and oxygen atoms in total. The summed E-state index contributed by atoms with van der Waals surface area (Å²) in [6, 6.07) is 14.2. The van der Waals surface area contributed by atoms with Crippen molar-refractivity contribution in [3.8, 4) is 11.3 Å². The summed E-state index contributed by atoms with van der Waals surface area (Å²) in [6.45, 7) is 4.90. The molecule has 1 N–H and O–H groups in total. The fourth-order valence-corrected chi connectivity index (χ4v) is 4.83. The predicted octanol–water partition coefficient (Wildman–Crippen LogP) is 4.13. The second-order valence-corrected chi connectivity index (χ2v) is 7.92. The van der Waals surface area contributed by atoms with Crippen LogP contribution < -0.4 is 5.32 Å². The normalized spacial score (nSPS) is 27.8. The van der Waals surface area contributed by atoms with E-state index >= 15 is 0 Å². The summed E-state index contributed by atoms with van der Waals surface area (Å²) < 4.78 is 2.15. The van der Waals surface area contributed by atoms with Gasteiger partial charge in [0.25, 0.3) is 0 Å². The molecule has 3 aromatic rings. The number of hydrogen-bond acceptors (Lipinski definition) is 3. The topological polar surface area (TPSA) is 33.1 Å². The Bertz CT molecular complexity index is 917. The summed E-state index contributed by atoms with van der Waals surface area (Å²) in [5.41, 5.74) is 4.60. The monoisotopic (exact) mass is 346 g/mol. The summed E-state index contributed by atoms with van der Waals surface area (Å²) in [4.78, 5) is 7.35. The number of nitrogens with zero attached hydrogens (tertiary/aromatic N) is 3. The van der Waals surface area contributed by atoms with Crippen molar-refractivity contribution < 1.29 is 0 Å². The van der Waals surface area contributed by atoms with Crippen LogP contribution in [-0.4, -0.2) is 39.6 Å². The van der Waals surface area contributed by atoms with Gasteiger partial charge >= 0.3 is 0 Å². The van der Waals surface area contributed by atoms with E-state index in [1.807, 2.05) is 6.20 Å². The summed E-state index contributed by atoms with van der Waals surface area (Å²) in [5.74, 6) is 0.801. The number of aromatic nitrogens is 2. The van der Waals surface area contributed by atoms with E-state index < -0.39 is 0 Å². The molecule has 134 valence electrons. The second-order valence-electron chi connectivity index (χ2n) is 7.92. The first-order valence-electron chi connectivity index (χ1n) is 9.71. The molecule has 2 aromatic heterocycles. The Hall–Kier alpha value is -2.33. The zero-order chi connectivity index (χ0) is 17.7. The standard InChI is InChI=1S/C22H26N4/c1-15-22(16-8-11-26(15)12-9-16)24-19-4-5-20(23-14-19)17-3-6-21-18(13-17)7-10-25(21)2/h3-7,10,13-16,22,24H,8-9,11-12H2,1-2H3. The number of aryl methyl sites for hydroxylation is 1. The Morgan fingerprint density at radius 2 is 1.92 bits per heavy atom. The quantitative estimate of drug-likeness (QED) is 0.774. The minimum absolute atomic E-state index is 0.547. The largest absolute Gasteiger partial charge is 0.379 e. The maximum absolute atomic E-state index is 4.73. The predicted molar refractivity (Wildman–Crippen MR) is 107 cm³/mol. The number of pyridine rings is 1. The second kappa shape index (κ2) is 6.13. The number of piperidine rings is 3. The van der Waals surface area contributed by atoms with Crippen LogP contribution in [0.5, 0.6) is 0 Å². The van der Waals surface area contributed by atoms with Gasteiger partial charge in [0.2, 0.25) is 0 Å². The summed E-state index contributed by atoms with van der Waals surface area (Å²) >= 11 is 0. The number of hydrogen-bond donors (Lipinski definition) is 1. The van der Waals surface area contributed by atoms with Gasteiger partial charge in [-0.05, 0) is 69.1 Å². The molecule has 1 aromatic carbocycles. The molecular formula is C22H26N4. The van der Waals surface area contributed by atoms with Gasteiger partial charge in [-0.1, -0.05) is 6.07 Å². The average molecular weight is 346 g/mol. The Labute approximate surface area is 154 Å². The molecule has 2 bridgehead atoms. The molecule has 0 amide bonds. The van der Waals surface area contributed by atoms with Crippen LogP contribution in [0.1, 0.15) is 19.8 Å². The lowest BCUT2D eigenvalue weighted by Gasteiger charge is -2.50. The van der Waals surface area contributed by atoms with Gasteiger partial charge in [-0.25, -0.2) is 0 Å². The number of rotatable bonds is 3. The van der Waals surface area contributed by atoms with Crippen molar-refractivity contribution >= 4 is 16.6 Å². The van der Waals surface area contributed by atoms with E-state index in [0.29, 0.717) is 12.1 Å². The molecule has 3 saturated heterocycles. The SMILES string of the molecule is CC1C(Nc2ccc(-c3ccc4c(ccn4C)c3)nc2)C2CCN1CC2. The van der Waals surface area contributed by atoms with Gasteiger partial charge in [0, 0.05) is 41.8 Å². The van der Waals surface area contributed by atoms with Crippen molar-refractivity contribution in [2.45, 2.75) is 31.8 Å². The van der Waals surface area contributed by atoms with Crippen molar-refractivity contribution in [1.29, 1.82) is 0 Å². The van der Waals surface area contributed by atoms with Crippen molar-refractivity contribution in [3.05, 3.63) is 48.8 Å². The van der Waals surface area contributed by atoms with Crippen molar-refractivity contribution in [2.24, 2.45) is 13.0 Å². The van der Waals surface area contributed by atoms with E-state index in [2.05, 4.69) is 71.4 Å². The molecule has 5 heterocycles. The van der Waals surface area contributed by atoms with Crippen LogP contribution in [0.2, 0.25) is 0 Å². The fourth-order valence-electron chi connectivity index (χ4n) is 4.83. The van der Waals surface area contributed by atoms with E-state index in [1.54, 1.807) is 0 Å². The van der Waals surface area contributed by atoms with Crippen molar-refractivity contribution in [1.82, 2.24) is 14.5 Å². The average Bonchev–Trinajstić information content (AvgIpc) is 3.06. The van der Waals surface area contributed by atoms with E-state index in [0.717, 1.165) is 17.3 Å². The maximum atomic E-state index is 4.73. The molecule has 26 heavy (non-hydrogen) atoms. The van der Waals surface area contributed by atoms with Crippen LogP contribution >= 0.6 is 0 Å². The molecule has 3 fully saturated rings. The number of fused-ring (bicyclic) bond motifs is 4. The molecule has 0 spiro atoms. The number of nitrogens with one attached hydrogen (secondary N) is 1. The first-order chi connectivity index (χ1) is 12.7. The Kier molecular flexibility index (Phi) is 3.75. The molecule has 6 rings (SSSR count). The molecule has 0 radical (unpaired) electrons. The van der Waals surface area contributed by atoms with Crippen molar-refractivity contribution in [3.63, 3.8) is 0 Å². The summed E-state index contributed by atoms with van der Waals surface area (Å²) in [6.07, 6.45) is 6.74. The lowest BCUT2D eigenvalue weighted by atomic mass is 9.79. The van der Waals surface area contributed by atoms with Crippen molar-refractivity contribution in [2.75, 3.05) is 18.4 Å². The summed E-state index contributed by atoms with van der Waals surface area (Å²) in [7, 11) is 2.08. The van der Waals surface area contributed by atoms with Crippen LogP contribution in [0.25, 0.3) is 22.2 Å². The zero-order valence-corrected chi connectivity index (χ0v) is 15.5. The van der Waals surface area contributed by atoms with Crippen LogP contribution in [0.4, 0.5) is 5.69 Å². The third-order valence-electron chi connectivity index (χ3n) is 6.46. The van der Waals surface area contributed by atoms with Crippen LogP contribution in [0.15, 0.2) is 48.8 Å². The molecule has 2 unspecified atom stereocenters. The number of anilines is 1. The van der Waals surface area contributed by atoms with Crippen LogP contribution in [0.3, 0.4) is 0 Å². The highest BCUT2D eigenvalue weighted by molar-refractivity contribution is 5.85. The molecule has 3 aliphatic rings. The van der Waals surface area contributed by atoms with Gasteiger partial charge in [0.05, 0.1) is 17.6 Å². The van der Waals surface area contributed by atoms with Gasteiger partial charge in [0.15, 0.2) is 0 Å². The zero-order valence-electron chi connectivity index (χ0n) is 15.5. The lowest BCUT2D eigenvalue weighted by molar-refractivity contribution is 0.0458. The van der Waals surface area contributed by atoms with E-state index in [1.165, 1.54) is 42.4 Å². The minimum Gasteiger partial charge on any atom is -0.379 e. The lowest BCUT2D eigenvalue weighted by Crippen LogP contribution is -2.59. The minimum atomic E-state index is 0.547. The van der Waals surface area contributed by atoms with Crippen LogP contribution in [0, 0.1) is 5.92 Å². The van der Waals surface area contributed by atoms with E-state index in [4.69, 9.17) is 4.98 Å². The first kappa shape index (κ1) is 15.9. The first-order valence-corrected chi connectivity index (χ1v) is 9.71. The third-order valence-corrected chi connectivity index (χ3v) is 6.46. The van der Waals surface area contributed by atoms with Crippen LogP contribution in [-0.2, 0) is 7.05 Å².